The number of hydrogen-bond acceptors (Lipinski definition) is 4. The van der Waals surface area contributed by atoms with Gasteiger partial charge in [0.1, 0.15) is 5.84 Å². The lowest BCUT2D eigenvalue weighted by atomic mass is 10.00. The van der Waals surface area contributed by atoms with E-state index in [1.165, 1.54) is 6.07 Å². The molecule has 37 heavy (non-hydrogen) atoms. The Morgan fingerprint density at radius 1 is 1.05 bits per heavy atom. The average Bonchev–Trinajstić information content (AvgIpc) is 2.86. The number of fused-ring (bicyclic) bond motifs is 1. The second kappa shape index (κ2) is 10.3. The van der Waals surface area contributed by atoms with Gasteiger partial charge in [-0.05, 0) is 66.8 Å². The summed E-state index contributed by atoms with van der Waals surface area (Å²) in [5.41, 5.74) is 7.63. The molecule has 11 heteroatoms. The van der Waals surface area contributed by atoms with Crippen molar-refractivity contribution in [2.24, 2.45) is 5.73 Å². The molecule has 0 saturated heterocycles. The molecule has 0 aromatic heterocycles. The van der Waals surface area contributed by atoms with Crippen molar-refractivity contribution in [1.29, 1.82) is 5.41 Å². The van der Waals surface area contributed by atoms with Crippen molar-refractivity contribution >= 4 is 33.1 Å². The largest absolute Gasteiger partial charge is 0.416 e. The molecule has 0 spiro atoms. The van der Waals surface area contributed by atoms with Crippen LogP contribution in [0.1, 0.15) is 35.1 Å². The summed E-state index contributed by atoms with van der Waals surface area (Å²) in [6, 6.07) is 15.4. The Hall–Kier alpha value is -3.86. The summed E-state index contributed by atoms with van der Waals surface area (Å²) in [4.78, 5) is 14.2. The lowest BCUT2D eigenvalue weighted by molar-refractivity contribution is -0.137. The highest BCUT2D eigenvalue weighted by atomic mass is 32.2. The molecule has 7 nitrogen and oxygen atoms in total. The van der Waals surface area contributed by atoms with Gasteiger partial charge in [0.25, 0.3) is 10.0 Å². The molecule has 3 aromatic carbocycles. The predicted molar refractivity (Wildman–Crippen MR) is 135 cm³/mol. The minimum absolute atomic E-state index is 0.0240. The molecule has 194 valence electrons. The molecule has 0 radical (unpaired) electrons. The predicted octanol–water partition coefficient (Wildman–Crippen LogP) is 4.70. The number of nitrogens with two attached hydrogens (primary N) is 1. The highest BCUT2D eigenvalue weighted by Gasteiger charge is 2.32. The summed E-state index contributed by atoms with van der Waals surface area (Å²) in [7, 11) is -4.25. The van der Waals surface area contributed by atoms with Crippen molar-refractivity contribution in [3.8, 4) is 0 Å². The maximum Gasteiger partial charge on any atom is 0.416 e. The third-order valence-corrected chi connectivity index (χ3v) is 7.49. The van der Waals surface area contributed by atoms with E-state index in [9.17, 15) is 26.4 Å². The van der Waals surface area contributed by atoms with Crippen LogP contribution in [0.3, 0.4) is 0 Å². The van der Waals surface area contributed by atoms with Crippen LogP contribution >= 0.6 is 0 Å². The summed E-state index contributed by atoms with van der Waals surface area (Å²) >= 11 is 0. The standard InChI is InChI=1S/C26H25F3N4O3S/c27-26(28,29)20-4-1-5-22(16-20)37(35,36)32-21-11-12-23-19(15-21)3-2-14-33(23)24(34)13-8-17-6-9-18(10-7-17)25(30)31/h1,4-7,9-12,15-16,32H,2-3,8,13-14H2,(H3,30,31). The quantitative estimate of drug-likeness (QED) is 0.303. The summed E-state index contributed by atoms with van der Waals surface area (Å²) < 4.78 is 66.8. The molecule has 1 aliphatic rings. The van der Waals surface area contributed by atoms with E-state index in [1.807, 2.05) is 12.1 Å². The lowest BCUT2D eigenvalue weighted by Crippen LogP contribution is -2.35. The number of rotatable bonds is 7. The van der Waals surface area contributed by atoms with Crippen molar-refractivity contribution < 1.29 is 26.4 Å². The van der Waals surface area contributed by atoms with Crippen LogP contribution in [0.15, 0.2) is 71.6 Å². The Morgan fingerprint density at radius 2 is 1.78 bits per heavy atom. The van der Waals surface area contributed by atoms with Crippen LogP contribution in [0.25, 0.3) is 0 Å². The number of halogens is 3. The molecule has 0 atom stereocenters. The van der Waals surface area contributed by atoms with Crippen LogP contribution in [-0.4, -0.2) is 26.7 Å². The smallest absolute Gasteiger partial charge is 0.384 e. The topological polar surface area (TPSA) is 116 Å². The third-order valence-electron chi connectivity index (χ3n) is 6.12. The number of amides is 1. The lowest BCUT2D eigenvalue weighted by Gasteiger charge is -2.30. The summed E-state index contributed by atoms with van der Waals surface area (Å²) in [6.45, 7) is 0.532. The SMILES string of the molecule is N=C(N)c1ccc(CCC(=O)N2CCCc3cc(NS(=O)(=O)c4cccc(C(F)(F)F)c4)ccc32)cc1. The van der Waals surface area contributed by atoms with Gasteiger partial charge < -0.3 is 10.6 Å². The molecule has 3 aromatic rings. The van der Waals surface area contributed by atoms with Crippen molar-refractivity contribution in [3.05, 3.63) is 89.0 Å². The highest BCUT2D eigenvalue weighted by Crippen LogP contribution is 2.33. The van der Waals surface area contributed by atoms with Crippen LogP contribution in [0.4, 0.5) is 24.5 Å². The zero-order valence-electron chi connectivity index (χ0n) is 19.7. The van der Waals surface area contributed by atoms with E-state index in [-0.39, 0.29) is 23.9 Å². The Labute approximate surface area is 212 Å². The number of carbonyl (C=O) groups is 1. The van der Waals surface area contributed by atoms with Gasteiger partial charge >= 0.3 is 6.18 Å². The normalized spacial score (nSPS) is 13.6. The number of nitrogens with zero attached hydrogens (tertiary/aromatic N) is 1. The fourth-order valence-electron chi connectivity index (χ4n) is 4.21. The average molecular weight is 531 g/mol. The van der Waals surface area contributed by atoms with E-state index < -0.39 is 26.7 Å². The fourth-order valence-corrected chi connectivity index (χ4v) is 5.31. The van der Waals surface area contributed by atoms with E-state index in [4.69, 9.17) is 11.1 Å². The Kier molecular flexibility index (Phi) is 7.26. The minimum atomic E-state index is -4.66. The first-order valence-corrected chi connectivity index (χ1v) is 13.0. The Bertz CT molecular complexity index is 1440. The van der Waals surface area contributed by atoms with Crippen LogP contribution in [0.5, 0.6) is 0 Å². The van der Waals surface area contributed by atoms with E-state index in [0.29, 0.717) is 43.1 Å². The van der Waals surface area contributed by atoms with Crippen LogP contribution in [-0.2, 0) is 33.8 Å². The van der Waals surface area contributed by atoms with Gasteiger partial charge in [-0.3, -0.25) is 14.9 Å². The highest BCUT2D eigenvalue weighted by molar-refractivity contribution is 7.92. The number of anilines is 2. The molecular formula is C26H25F3N4O3S. The number of sulfonamides is 1. The van der Waals surface area contributed by atoms with Crippen molar-refractivity contribution in [2.45, 2.75) is 36.8 Å². The molecule has 4 N–H and O–H groups in total. The van der Waals surface area contributed by atoms with Gasteiger partial charge in [0.15, 0.2) is 0 Å². The number of aryl methyl sites for hydroxylation is 2. The molecule has 0 fully saturated rings. The number of nitrogen functional groups attached to an aromatic ring is 1. The molecule has 0 saturated carbocycles. The van der Waals surface area contributed by atoms with E-state index >= 15 is 0 Å². The number of benzene rings is 3. The summed E-state index contributed by atoms with van der Waals surface area (Å²) in [5, 5.41) is 7.45. The maximum absolute atomic E-state index is 13.0. The van der Waals surface area contributed by atoms with Crippen molar-refractivity contribution in [3.63, 3.8) is 0 Å². The number of amidine groups is 1. The summed E-state index contributed by atoms with van der Waals surface area (Å²) in [6.07, 6.45) is -2.56. The van der Waals surface area contributed by atoms with Crippen molar-refractivity contribution in [1.82, 2.24) is 0 Å². The molecule has 0 aliphatic carbocycles. The first kappa shape index (κ1) is 26.2. The van der Waals surface area contributed by atoms with E-state index in [2.05, 4.69) is 4.72 Å². The van der Waals surface area contributed by atoms with Gasteiger partial charge in [-0.25, -0.2) is 8.42 Å². The summed E-state index contributed by atoms with van der Waals surface area (Å²) in [5.74, 6) is -0.0991. The molecule has 1 aliphatic heterocycles. The van der Waals surface area contributed by atoms with Gasteiger partial charge in [-0.15, -0.1) is 0 Å². The van der Waals surface area contributed by atoms with E-state index in [1.54, 1.807) is 29.2 Å². The molecule has 1 heterocycles. The second-order valence-corrected chi connectivity index (χ2v) is 10.4. The number of nitrogens with one attached hydrogen (secondary N) is 2. The second-order valence-electron chi connectivity index (χ2n) is 8.73. The number of carbonyl (C=O) groups excluding carboxylic acids is 1. The maximum atomic E-state index is 13.0. The van der Waals surface area contributed by atoms with Gasteiger partial charge in [0.05, 0.1) is 10.5 Å². The monoisotopic (exact) mass is 530 g/mol. The fraction of sp³-hybridized carbons (Fsp3) is 0.231. The Balaban J connectivity index is 1.47. The van der Waals surface area contributed by atoms with Gasteiger partial charge in [0, 0.05) is 29.9 Å². The van der Waals surface area contributed by atoms with Gasteiger partial charge in [-0.2, -0.15) is 13.2 Å². The van der Waals surface area contributed by atoms with Gasteiger partial charge in [-0.1, -0.05) is 30.3 Å². The van der Waals surface area contributed by atoms with Crippen LogP contribution in [0.2, 0.25) is 0 Å². The zero-order valence-corrected chi connectivity index (χ0v) is 20.5. The van der Waals surface area contributed by atoms with E-state index in [0.717, 1.165) is 29.3 Å². The Morgan fingerprint density at radius 3 is 2.46 bits per heavy atom. The third kappa shape index (κ3) is 6.11. The molecule has 0 unspecified atom stereocenters. The molecule has 0 bridgehead atoms. The first-order chi connectivity index (χ1) is 17.4. The molecular weight excluding hydrogens is 505 g/mol. The number of hydrogen-bond donors (Lipinski definition) is 3. The molecule has 1 amide bonds. The van der Waals surface area contributed by atoms with Gasteiger partial charge in [0.2, 0.25) is 5.91 Å². The van der Waals surface area contributed by atoms with Crippen LogP contribution in [0, 0.1) is 5.41 Å². The zero-order chi connectivity index (χ0) is 26.8. The van der Waals surface area contributed by atoms with Crippen LogP contribution < -0.4 is 15.4 Å². The number of alkyl halides is 3. The first-order valence-electron chi connectivity index (χ1n) is 11.5. The minimum Gasteiger partial charge on any atom is -0.384 e. The van der Waals surface area contributed by atoms with Crippen molar-refractivity contribution in [2.75, 3.05) is 16.2 Å². The molecule has 4 rings (SSSR count).